The third-order valence-corrected chi connectivity index (χ3v) is 7.00. The van der Waals surface area contributed by atoms with Crippen molar-refractivity contribution in [3.63, 3.8) is 0 Å². The van der Waals surface area contributed by atoms with Crippen LogP contribution < -0.4 is 0 Å². The van der Waals surface area contributed by atoms with Crippen molar-refractivity contribution in [3.8, 4) is 0 Å². The SMILES string of the molecule is O=S(=O)(OC12C3C4C5C3C1C5C42)C(F)(F)F. The number of rotatable bonds is 2. The van der Waals surface area contributed by atoms with Crippen LogP contribution in [0.1, 0.15) is 0 Å². The lowest BCUT2D eigenvalue weighted by Gasteiger charge is -3.06. The molecule has 0 amide bonds. The second kappa shape index (κ2) is 1.75. The summed E-state index contributed by atoms with van der Waals surface area (Å²) < 4.78 is 63.2. The summed E-state index contributed by atoms with van der Waals surface area (Å²) in [4.78, 5) is 0. The Labute approximate surface area is 89.1 Å². The number of alkyl halides is 3. The summed E-state index contributed by atoms with van der Waals surface area (Å²) in [5.41, 5.74) is -6.18. The molecule has 0 heterocycles. The van der Waals surface area contributed by atoms with Crippen molar-refractivity contribution in [1.29, 1.82) is 0 Å². The molecule has 0 N–H and O–H groups in total. The van der Waals surface area contributed by atoms with Gasteiger partial charge in [-0.25, -0.2) is 0 Å². The maximum absolute atomic E-state index is 12.2. The first-order chi connectivity index (χ1) is 7.32. The quantitative estimate of drug-likeness (QED) is 0.543. The third kappa shape index (κ3) is 0.468. The van der Waals surface area contributed by atoms with E-state index in [1.165, 1.54) is 0 Å². The van der Waals surface area contributed by atoms with Gasteiger partial charge in [0.05, 0.1) is 5.60 Å². The van der Waals surface area contributed by atoms with Gasteiger partial charge in [-0.2, -0.15) is 21.6 Å². The van der Waals surface area contributed by atoms with Crippen LogP contribution >= 0.6 is 0 Å². The van der Waals surface area contributed by atoms with E-state index in [1.54, 1.807) is 0 Å². The van der Waals surface area contributed by atoms with Gasteiger partial charge in [0.25, 0.3) is 0 Å². The molecule has 7 heteroatoms. The van der Waals surface area contributed by atoms with Gasteiger partial charge in [0.1, 0.15) is 0 Å². The maximum Gasteiger partial charge on any atom is 0.523 e. The van der Waals surface area contributed by atoms with Crippen molar-refractivity contribution >= 4 is 10.1 Å². The van der Waals surface area contributed by atoms with E-state index in [-0.39, 0.29) is 17.8 Å². The summed E-state index contributed by atoms with van der Waals surface area (Å²) in [6, 6.07) is 0. The van der Waals surface area contributed by atoms with Crippen molar-refractivity contribution in [1.82, 2.24) is 0 Å². The van der Waals surface area contributed by atoms with Gasteiger partial charge >= 0.3 is 15.6 Å². The third-order valence-electron chi connectivity index (χ3n) is 5.92. The van der Waals surface area contributed by atoms with E-state index in [1.807, 2.05) is 0 Å². The second-order valence-corrected chi connectivity index (χ2v) is 7.26. The monoisotopic (exact) mass is 252 g/mol. The van der Waals surface area contributed by atoms with E-state index < -0.39 is 21.2 Å². The fourth-order valence-electron chi connectivity index (χ4n) is 5.73. The highest BCUT2D eigenvalue weighted by molar-refractivity contribution is 7.87. The molecule has 6 rings (SSSR count). The lowest BCUT2D eigenvalue weighted by atomic mass is 8.99. The standard InChI is InChI=1S/C9H7F3O3S/c10-9(11,12)16(13,14)15-8-5-2-1-3(5)7(8)4(1)6(2)8/h1-7H. The Kier molecular flexibility index (Phi) is 0.956. The van der Waals surface area contributed by atoms with Gasteiger partial charge in [0, 0.05) is 0 Å². The Morgan fingerprint density at radius 3 is 1.75 bits per heavy atom. The highest BCUT2D eigenvalue weighted by Crippen LogP contribution is 3.03. The lowest BCUT2D eigenvalue weighted by Crippen LogP contribution is -3.09. The molecule has 0 aromatic heterocycles. The van der Waals surface area contributed by atoms with Gasteiger partial charge in [0.15, 0.2) is 0 Å². The summed E-state index contributed by atoms with van der Waals surface area (Å²) >= 11 is 0. The molecular weight excluding hydrogens is 245 g/mol. The van der Waals surface area contributed by atoms with E-state index >= 15 is 0 Å². The van der Waals surface area contributed by atoms with Gasteiger partial charge in [-0.3, -0.25) is 4.18 Å². The van der Waals surface area contributed by atoms with Crippen molar-refractivity contribution in [2.45, 2.75) is 11.1 Å². The van der Waals surface area contributed by atoms with Gasteiger partial charge < -0.3 is 0 Å². The average Bonchev–Trinajstić information content (AvgIpc) is 2.16. The first-order valence-electron chi connectivity index (χ1n) is 5.34. The molecule has 0 spiro atoms. The molecule has 3 nitrogen and oxygen atoms in total. The van der Waals surface area contributed by atoms with E-state index in [0.29, 0.717) is 17.8 Å². The van der Waals surface area contributed by atoms with Crippen LogP contribution in [0.4, 0.5) is 13.2 Å². The van der Waals surface area contributed by atoms with E-state index in [0.717, 1.165) is 5.92 Å². The zero-order valence-electron chi connectivity index (χ0n) is 7.81. The minimum absolute atomic E-state index is 0.134. The highest BCUT2D eigenvalue weighted by Gasteiger charge is 3.06. The largest absolute Gasteiger partial charge is 0.523 e. The molecule has 0 radical (unpaired) electrons. The fourth-order valence-corrected chi connectivity index (χ4v) is 6.54. The zero-order chi connectivity index (χ0) is 11.2. The Morgan fingerprint density at radius 1 is 0.938 bits per heavy atom. The summed E-state index contributed by atoms with van der Waals surface area (Å²) in [6.07, 6.45) is 0. The highest BCUT2D eigenvalue weighted by atomic mass is 32.2. The molecule has 6 aliphatic rings. The molecule has 0 saturated heterocycles. The normalized spacial score (nSPS) is 66.8. The van der Waals surface area contributed by atoms with Gasteiger partial charge in [0.2, 0.25) is 0 Å². The Balaban J connectivity index is 1.50. The van der Waals surface area contributed by atoms with Crippen LogP contribution in [-0.2, 0) is 14.3 Å². The summed E-state index contributed by atoms with van der Waals surface area (Å²) in [5.74, 6) is 2.63. The van der Waals surface area contributed by atoms with Crippen LogP contribution in [0.15, 0.2) is 0 Å². The number of hydrogen-bond donors (Lipinski definition) is 0. The van der Waals surface area contributed by atoms with Gasteiger partial charge in [-0.15, -0.1) is 0 Å². The summed E-state index contributed by atoms with van der Waals surface area (Å²) in [7, 11) is -5.39. The Hall–Kier alpha value is -0.300. The first kappa shape index (κ1) is 8.74. The minimum atomic E-state index is -5.39. The Morgan fingerprint density at radius 2 is 1.38 bits per heavy atom. The zero-order valence-corrected chi connectivity index (χ0v) is 8.62. The Bertz CT molecular complexity index is 486. The fraction of sp³-hybridized carbons (Fsp3) is 1.00. The van der Waals surface area contributed by atoms with Gasteiger partial charge in [-0.05, 0) is 41.4 Å². The molecule has 6 fully saturated rings. The molecule has 0 aromatic rings. The lowest BCUT2D eigenvalue weighted by molar-refractivity contribution is -0.613. The van der Waals surface area contributed by atoms with E-state index in [9.17, 15) is 21.6 Å². The van der Waals surface area contributed by atoms with E-state index in [2.05, 4.69) is 4.18 Å². The second-order valence-electron chi connectivity index (χ2n) is 5.72. The van der Waals surface area contributed by atoms with Crippen LogP contribution in [0, 0.1) is 41.4 Å². The van der Waals surface area contributed by atoms with Crippen LogP contribution in [0.3, 0.4) is 0 Å². The first-order valence-corrected chi connectivity index (χ1v) is 6.75. The number of hydrogen-bond acceptors (Lipinski definition) is 3. The van der Waals surface area contributed by atoms with Crippen molar-refractivity contribution in [3.05, 3.63) is 0 Å². The molecular formula is C9H7F3O3S. The summed E-state index contributed by atoms with van der Waals surface area (Å²) in [5, 5.41) is 0. The average molecular weight is 252 g/mol. The smallest absolute Gasteiger partial charge is 0.256 e. The molecule has 16 heavy (non-hydrogen) atoms. The van der Waals surface area contributed by atoms with Crippen LogP contribution in [0.2, 0.25) is 0 Å². The predicted octanol–water partition coefficient (Wildman–Crippen LogP) is 0.973. The van der Waals surface area contributed by atoms with Crippen molar-refractivity contribution < 1.29 is 25.8 Å². The number of halogens is 3. The molecule has 6 saturated carbocycles. The van der Waals surface area contributed by atoms with Crippen LogP contribution in [0.25, 0.3) is 0 Å². The molecule has 0 aromatic carbocycles. The molecule has 0 aliphatic heterocycles. The molecule has 88 valence electrons. The van der Waals surface area contributed by atoms with E-state index in [4.69, 9.17) is 0 Å². The maximum atomic E-state index is 12.2. The van der Waals surface area contributed by atoms with Crippen molar-refractivity contribution in [2.24, 2.45) is 41.4 Å². The molecule has 0 unspecified atom stereocenters. The molecule has 6 aliphatic carbocycles. The predicted molar refractivity (Wildman–Crippen MR) is 43.2 cm³/mol. The molecule has 0 atom stereocenters. The van der Waals surface area contributed by atoms with Gasteiger partial charge in [-0.1, -0.05) is 0 Å². The van der Waals surface area contributed by atoms with Crippen LogP contribution in [-0.4, -0.2) is 19.5 Å². The topological polar surface area (TPSA) is 43.4 Å². The van der Waals surface area contributed by atoms with Crippen LogP contribution in [0.5, 0.6) is 0 Å². The molecule has 0 bridgehead atoms. The summed E-state index contributed by atoms with van der Waals surface area (Å²) in [6.45, 7) is 0. The van der Waals surface area contributed by atoms with Crippen molar-refractivity contribution in [2.75, 3.05) is 0 Å². The minimum Gasteiger partial charge on any atom is -0.256 e.